The molecule has 0 aliphatic rings. The van der Waals surface area contributed by atoms with Crippen LogP contribution in [-0.4, -0.2) is 28.6 Å². The Morgan fingerprint density at radius 1 is 1.44 bits per heavy atom. The van der Waals surface area contributed by atoms with Gasteiger partial charge in [0, 0.05) is 18.1 Å². The second-order valence-electron chi connectivity index (χ2n) is 1.76. The Kier molecular flexibility index (Phi) is 19.9. The van der Waals surface area contributed by atoms with Gasteiger partial charge in [-0.3, -0.25) is 0 Å². The van der Waals surface area contributed by atoms with E-state index in [1.807, 2.05) is 6.92 Å². The first-order valence-electron chi connectivity index (χ1n) is 3.93. The third-order valence-electron chi connectivity index (χ3n) is 0.419. The van der Waals surface area contributed by atoms with E-state index in [4.69, 9.17) is 45.3 Å². The molecule has 0 saturated heterocycles. The molecule has 0 saturated carbocycles. The summed E-state index contributed by atoms with van der Waals surface area (Å²) in [5, 5.41) is 0. The molecule has 0 aromatic carbocycles. The van der Waals surface area contributed by atoms with E-state index < -0.39 is 9.41 Å². The van der Waals surface area contributed by atoms with Crippen LogP contribution in [0.15, 0.2) is 4.99 Å². The normalized spacial score (nSPS) is 8.44. The third kappa shape index (κ3) is 48.4. The topological polar surface area (TPSA) is 81.8 Å². The highest BCUT2D eigenvalue weighted by Gasteiger charge is 2.23. The lowest BCUT2D eigenvalue weighted by Crippen LogP contribution is -2.09. The molecule has 96 valence electrons. The van der Waals surface area contributed by atoms with Gasteiger partial charge in [-0.25, -0.2) is 14.6 Å². The van der Waals surface area contributed by atoms with Gasteiger partial charge >= 0.3 is 9.41 Å². The number of ether oxygens (including phenoxy) is 1. The number of nitrogens with two attached hydrogens (primary N) is 1. The van der Waals surface area contributed by atoms with E-state index in [1.54, 1.807) is 6.92 Å². The maximum absolute atomic E-state index is 9.75. The summed E-state index contributed by atoms with van der Waals surface area (Å²) in [4.78, 5) is 22.0. The molecule has 0 heterocycles. The molecule has 5 nitrogen and oxygen atoms in total. The van der Waals surface area contributed by atoms with Crippen LogP contribution in [0, 0.1) is 0 Å². The van der Waals surface area contributed by atoms with Crippen molar-refractivity contribution in [3.05, 3.63) is 0 Å². The van der Waals surface area contributed by atoms with Crippen LogP contribution in [0.5, 0.6) is 0 Å². The van der Waals surface area contributed by atoms with E-state index in [0.717, 1.165) is 6.54 Å². The zero-order valence-electron chi connectivity index (χ0n) is 8.68. The van der Waals surface area contributed by atoms with Gasteiger partial charge in [-0.15, -0.1) is 0 Å². The summed E-state index contributed by atoms with van der Waals surface area (Å²) in [6.45, 7) is 4.98. The summed E-state index contributed by atoms with van der Waals surface area (Å²) in [5.41, 5.74) is 3.70. The minimum Gasteiger partial charge on any atom is -0.402 e. The molecule has 16 heavy (non-hydrogen) atoms. The maximum atomic E-state index is 9.75. The Balaban J connectivity index is -0.000000181. The van der Waals surface area contributed by atoms with Gasteiger partial charge in [-0.2, -0.15) is 0 Å². The van der Waals surface area contributed by atoms with Crippen LogP contribution in [0.2, 0.25) is 0 Å². The fourth-order valence-electron chi connectivity index (χ4n) is 0.156. The van der Waals surface area contributed by atoms with Gasteiger partial charge in [0.15, 0.2) is 0 Å². The van der Waals surface area contributed by atoms with Crippen LogP contribution < -0.4 is 5.73 Å². The van der Waals surface area contributed by atoms with E-state index in [1.165, 1.54) is 6.08 Å². The summed E-state index contributed by atoms with van der Waals surface area (Å²) in [6, 6.07) is 0. The smallest absolute Gasteiger partial charge is 0.402 e. The van der Waals surface area contributed by atoms with Crippen molar-refractivity contribution in [1.82, 2.24) is 0 Å². The van der Waals surface area contributed by atoms with E-state index in [0.29, 0.717) is 6.54 Å². The molecule has 0 spiro atoms. The van der Waals surface area contributed by atoms with E-state index >= 15 is 0 Å². The van der Waals surface area contributed by atoms with Crippen molar-refractivity contribution in [2.45, 2.75) is 17.8 Å². The third-order valence-corrected chi connectivity index (χ3v) is 0.727. The van der Waals surface area contributed by atoms with Gasteiger partial charge in [0.1, 0.15) is 0 Å². The molecule has 0 amide bonds. The molecule has 0 unspecified atom stereocenters. The number of halogens is 4. The lowest BCUT2D eigenvalue weighted by molar-refractivity contribution is 0.172. The lowest BCUT2D eigenvalue weighted by atomic mass is 10.8. The Morgan fingerprint density at radius 2 is 1.81 bits per heavy atom. The number of rotatable bonds is 1. The van der Waals surface area contributed by atoms with E-state index in [2.05, 4.69) is 21.3 Å². The van der Waals surface area contributed by atoms with Crippen LogP contribution in [-0.2, 0) is 9.53 Å². The Hall–Kier alpha value is -0.0300. The minimum absolute atomic E-state index is 0.545. The highest BCUT2D eigenvalue weighted by atomic mass is 35.6. The van der Waals surface area contributed by atoms with E-state index in [-0.39, 0.29) is 0 Å². The summed E-state index contributed by atoms with van der Waals surface area (Å²) in [6.07, 6.45) is 1.39. The molecule has 9 heteroatoms. The highest BCUT2D eigenvalue weighted by Crippen LogP contribution is 2.27. The van der Waals surface area contributed by atoms with Crippen molar-refractivity contribution in [2.24, 2.45) is 10.7 Å². The number of hydrogen-bond acceptors (Lipinski definition) is 5. The SMILES string of the molecule is CCN.CCN=C=O.O=C(Cl)OC(Cl)(Cl)Cl. The first-order chi connectivity index (χ1) is 7.24. The van der Waals surface area contributed by atoms with Crippen molar-refractivity contribution in [3.63, 3.8) is 0 Å². The number of hydrogen-bond donors (Lipinski definition) is 1. The number of aliphatic imine (C=N–C) groups is 1. The Morgan fingerprint density at radius 3 is 1.81 bits per heavy atom. The van der Waals surface area contributed by atoms with Crippen LogP contribution in [0.25, 0.3) is 0 Å². The van der Waals surface area contributed by atoms with Gasteiger partial charge in [-0.1, -0.05) is 6.92 Å². The molecule has 0 aromatic heterocycles. The van der Waals surface area contributed by atoms with Crippen molar-refractivity contribution < 1.29 is 14.3 Å². The largest absolute Gasteiger partial charge is 0.407 e. The number of nitrogens with zero attached hydrogens (tertiary/aromatic N) is 1. The number of isocyanates is 1. The number of carbonyl (C=O) groups excluding carboxylic acids is 2. The molecule has 0 aliphatic carbocycles. The van der Waals surface area contributed by atoms with Crippen LogP contribution in [0.3, 0.4) is 0 Å². The minimum atomic E-state index is -2.04. The average Bonchev–Trinajstić information content (AvgIpc) is 2.02. The van der Waals surface area contributed by atoms with Crippen LogP contribution in [0.1, 0.15) is 13.8 Å². The molecule has 2 N–H and O–H groups in total. The quantitative estimate of drug-likeness (QED) is 0.349. The van der Waals surface area contributed by atoms with Crippen LogP contribution >= 0.6 is 46.4 Å². The van der Waals surface area contributed by atoms with Gasteiger partial charge in [0.05, 0.1) is 0 Å². The first-order valence-corrected chi connectivity index (χ1v) is 5.45. The molecule has 0 aliphatic heterocycles. The molecule has 0 bridgehead atoms. The van der Waals surface area contributed by atoms with Crippen molar-refractivity contribution in [2.75, 3.05) is 13.1 Å². The lowest BCUT2D eigenvalue weighted by Gasteiger charge is -2.06. The Bertz CT molecular complexity index is 214. The predicted octanol–water partition coefficient (Wildman–Crippen LogP) is 3.00. The second kappa shape index (κ2) is 15.0. The predicted molar refractivity (Wildman–Crippen MR) is 66.0 cm³/mol. The summed E-state index contributed by atoms with van der Waals surface area (Å²) >= 11 is 19.4. The van der Waals surface area contributed by atoms with Gasteiger partial charge in [0.2, 0.25) is 6.08 Å². The zero-order chi connectivity index (χ0) is 13.6. The average molecular weight is 314 g/mol. The second-order valence-corrected chi connectivity index (χ2v) is 4.25. The summed E-state index contributed by atoms with van der Waals surface area (Å²) in [5.74, 6) is 0. The van der Waals surface area contributed by atoms with Gasteiger partial charge < -0.3 is 10.5 Å². The highest BCUT2D eigenvalue weighted by molar-refractivity contribution is 6.69. The molecule has 0 aromatic rings. The number of alkyl halides is 3. The Labute approximate surface area is 114 Å². The standard InChI is InChI=1S/C3H5NO.C2Cl4O2.C2H7N/c1-2-4-3-5;3-1(7)8-2(4,5)6;1-2-3/h2H2,1H3;;2-3H2,1H3. The summed E-state index contributed by atoms with van der Waals surface area (Å²) in [7, 11) is 0. The molecule has 0 atom stereocenters. The molecule has 0 fully saturated rings. The monoisotopic (exact) mass is 312 g/mol. The molecule has 0 radical (unpaired) electrons. The summed E-state index contributed by atoms with van der Waals surface area (Å²) < 4.78 is 1.82. The van der Waals surface area contributed by atoms with Gasteiger partial charge in [0.25, 0.3) is 0 Å². The fraction of sp³-hybridized carbons (Fsp3) is 0.714. The van der Waals surface area contributed by atoms with Gasteiger partial charge in [-0.05, 0) is 48.3 Å². The van der Waals surface area contributed by atoms with Crippen molar-refractivity contribution >= 4 is 57.9 Å². The van der Waals surface area contributed by atoms with E-state index in [9.17, 15) is 4.79 Å². The molecular formula is C7H12Cl4N2O3. The fourth-order valence-corrected chi connectivity index (χ4v) is 0.600. The number of carbonyl (C=O) groups is 1. The zero-order valence-corrected chi connectivity index (χ0v) is 11.7. The molecular weight excluding hydrogens is 302 g/mol. The van der Waals surface area contributed by atoms with Crippen LogP contribution in [0.4, 0.5) is 4.79 Å². The van der Waals surface area contributed by atoms with Crippen molar-refractivity contribution in [3.8, 4) is 0 Å². The maximum Gasteiger partial charge on any atom is 0.407 e. The molecule has 0 rings (SSSR count). The van der Waals surface area contributed by atoms with Crippen molar-refractivity contribution in [1.29, 1.82) is 0 Å². The first kappa shape index (κ1) is 21.3.